The first-order chi connectivity index (χ1) is 7.36. The minimum absolute atomic E-state index is 0.460. The van der Waals surface area contributed by atoms with E-state index in [0.29, 0.717) is 19.0 Å². The van der Waals surface area contributed by atoms with Gasteiger partial charge in [-0.1, -0.05) is 12.0 Å². The van der Waals surface area contributed by atoms with Gasteiger partial charge in [0.1, 0.15) is 0 Å². The van der Waals surface area contributed by atoms with Gasteiger partial charge in [0.15, 0.2) is 5.96 Å². The van der Waals surface area contributed by atoms with E-state index in [9.17, 15) is 0 Å². The van der Waals surface area contributed by atoms with Crippen molar-refractivity contribution in [1.82, 2.24) is 15.6 Å². The molecule has 78 valence electrons. The van der Waals surface area contributed by atoms with E-state index < -0.39 is 0 Å². The number of terminal acetylenes is 1. The van der Waals surface area contributed by atoms with Crippen molar-refractivity contribution in [3.8, 4) is 12.3 Å². The lowest BCUT2D eigenvalue weighted by atomic mass is 10.3. The Morgan fingerprint density at radius 2 is 2.40 bits per heavy atom. The van der Waals surface area contributed by atoms with Crippen molar-refractivity contribution in [2.75, 3.05) is 13.6 Å². The smallest absolute Gasteiger partial charge is 0.192 e. The molecule has 0 aromatic carbocycles. The molecule has 0 aliphatic rings. The molecule has 1 heterocycles. The van der Waals surface area contributed by atoms with Gasteiger partial charge in [-0.3, -0.25) is 9.98 Å². The van der Waals surface area contributed by atoms with Crippen LogP contribution < -0.4 is 10.6 Å². The third kappa shape index (κ3) is 4.14. The molecule has 4 heteroatoms. The molecule has 4 nitrogen and oxygen atoms in total. The summed E-state index contributed by atoms with van der Waals surface area (Å²) in [5.74, 6) is 3.16. The molecule has 0 amide bonds. The Balaban J connectivity index is 2.39. The summed E-state index contributed by atoms with van der Waals surface area (Å²) in [6.07, 6.45) is 6.89. The second kappa shape index (κ2) is 6.44. The zero-order chi connectivity index (χ0) is 10.9. The van der Waals surface area contributed by atoms with E-state index in [2.05, 4.69) is 26.5 Å². The van der Waals surface area contributed by atoms with E-state index in [-0.39, 0.29) is 0 Å². The Morgan fingerprint density at radius 1 is 1.53 bits per heavy atom. The van der Waals surface area contributed by atoms with Gasteiger partial charge >= 0.3 is 0 Å². The molecule has 0 atom stereocenters. The Morgan fingerprint density at radius 3 is 3.00 bits per heavy atom. The number of nitrogens with one attached hydrogen (secondary N) is 2. The summed E-state index contributed by atoms with van der Waals surface area (Å²) in [4.78, 5) is 8.19. The maximum atomic E-state index is 5.13. The highest BCUT2D eigenvalue weighted by Gasteiger charge is 1.96. The van der Waals surface area contributed by atoms with E-state index in [4.69, 9.17) is 6.42 Å². The maximum Gasteiger partial charge on any atom is 0.192 e. The summed E-state index contributed by atoms with van der Waals surface area (Å²) in [6.45, 7) is 1.09. The van der Waals surface area contributed by atoms with Crippen LogP contribution in [0.4, 0.5) is 0 Å². The molecule has 2 N–H and O–H groups in total. The predicted octanol–water partition coefficient (Wildman–Crippen LogP) is 0.380. The summed E-state index contributed by atoms with van der Waals surface area (Å²) >= 11 is 0. The third-order valence-corrected chi connectivity index (χ3v) is 1.74. The molecule has 0 aliphatic heterocycles. The molecule has 1 aromatic heterocycles. The summed E-state index contributed by atoms with van der Waals surface area (Å²) in [7, 11) is 1.70. The van der Waals surface area contributed by atoms with Crippen molar-refractivity contribution in [3.63, 3.8) is 0 Å². The second-order valence-corrected chi connectivity index (χ2v) is 2.80. The maximum absolute atomic E-state index is 5.13. The fourth-order valence-electron chi connectivity index (χ4n) is 1.03. The Kier molecular flexibility index (Phi) is 4.74. The molecule has 0 bridgehead atoms. The first-order valence-corrected chi connectivity index (χ1v) is 4.64. The number of hydrogen-bond acceptors (Lipinski definition) is 2. The number of aliphatic imine (C=N–C) groups is 1. The highest BCUT2D eigenvalue weighted by Crippen LogP contribution is 1.91. The van der Waals surface area contributed by atoms with E-state index in [0.717, 1.165) is 5.69 Å². The van der Waals surface area contributed by atoms with Crippen molar-refractivity contribution in [2.24, 2.45) is 4.99 Å². The van der Waals surface area contributed by atoms with Gasteiger partial charge < -0.3 is 10.6 Å². The Hall–Kier alpha value is -2.02. The highest BCUT2D eigenvalue weighted by molar-refractivity contribution is 5.79. The summed E-state index contributed by atoms with van der Waals surface area (Å²) < 4.78 is 0. The van der Waals surface area contributed by atoms with Crippen LogP contribution in [0.5, 0.6) is 0 Å². The van der Waals surface area contributed by atoms with Crippen molar-refractivity contribution in [2.45, 2.75) is 6.54 Å². The van der Waals surface area contributed by atoms with Gasteiger partial charge in [-0.2, -0.15) is 0 Å². The van der Waals surface area contributed by atoms with Crippen LogP contribution in [0, 0.1) is 12.3 Å². The quantitative estimate of drug-likeness (QED) is 0.423. The summed E-state index contributed by atoms with van der Waals surface area (Å²) in [5, 5.41) is 6.07. The van der Waals surface area contributed by atoms with Gasteiger partial charge in [0.25, 0.3) is 0 Å². The first kappa shape index (κ1) is 11.1. The van der Waals surface area contributed by atoms with Crippen LogP contribution in [-0.2, 0) is 6.54 Å². The van der Waals surface area contributed by atoms with Gasteiger partial charge in [-0.25, -0.2) is 0 Å². The van der Waals surface area contributed by atoms with E-state index in [1.54, 1.807) is 13.2 Å². The topological polar surface area (TPSA) is 49.3 Å². The Labute approximate surface area is 89.8 Å². The van der Waals surface area contributed by atoms with Crippen molar-refractivity contribution in [3.05, 3.63) is 30.1 Å². The van der Waals surface area contributed by atoms with Gasteiger partial charge in [-0.05, 0) is 12.1 Å². The molecule has 0 saturated carbocycles. The molecular formula is C11H14N4. The SMILES string of the molecule is C#CCNC(=NC)NCc1ccccn1. The lowest BCUT2D eigenvalue weighted by molar-refractivity contribution is 0.826. The van der Waals surface area contributed by atoms with Crippen molar-refractivity contribution in [1.29, 1.82) is 0 Å². The van der Waals surface area contributed by atoms with Crippen LogP contribution in [-0.4, -0.2) is 24.5 Å². The number of hydrogen-bond donors (Lipinski definition) is 2. The van der Waals surface area contributed by atoms with E-state index in [1.807, 2.05) is 18.2 Å². The standard InChI is InChI=1S/C11H14N4/c1-3-7-14-11(12-2)15-9-10-6-4-5-8-13-10/h1,4-6,8H,7,9H2,2H3,(H2,12,14,15). The zero-order valence-corrected chi connectivity index (χ0v) is 8.70. The second-order valence-electron chi connectivity index (χ2n) is 2.80. The highest BCUT2D eigenvalue weighted by atomic mass is 15.2. The number of aromatic nitrogens is 1. The monoisotopic (exact) mass is 202 g/mol. The van der Waals surface area contributed by atoms with Gasteiger partial charge in [0, 0.05) is 13.2 Å². The minimum Gasteiger partial charge on any atom is -0.351 e. The normalized spacial score (nSPS) is 10.5. The number of nitrogens with zero attached hydrogens (tertiary/aromatic N) is 2. The third-order valence-electron chi connectivity index (χ3n) is 1.74. The van der Waals surface area contributed by atoms with Crippen LogP contribution in [0.25, 0.3) is 0 Å². The Bertz CT molecular complexity index is 351. The van der Waals surface area contributed by atoms with Crippen molar-refractivity contribution >= 4 is 5.96 Å². The lowest BCUT2D eigenvalue weighted by Gasteiger charge is -2.08. The lowest BCUT2D eigenvalue weighted by Crippen LogP contribution is -2.37. The average Bonchev–Trinajstić information content (AvgIpc) is 2.31. The van der Waals surface area contributed by atoms with Gasteiger partial charge in [0.2, 0.25) is 0 Å². The van der Waals surface area contributed by atoms with Crippen LogP contribution in [0.2, 0.25) is 0 Å². The fraction of sp³-hybridized carbons (Fsp3) is 0.273. The molecule has 0 saturated heterocycles. The van der Waals surface area contributed by atoms with Crippen LogP contribution in [0.3, 0.4) is 0 Å². The molecule has 0 fully saturated rings. The predicted molar refractivity (Wildman–Crippen MR) is 61.3 cm³/mol. The summed E-state index contributed by atoms with van der Waals surface area (Å²) in [6, 6.07) is 5.78. The molecule has 1 rings (SSSR count). The molecule has 0 unspecified atom stereocenters. The molecule has 1 aromatic rings. The zero-order valence-electron chi connectivity index (χ0n) is 8.70. The van der Waals surface area contributed by atoms with Crippen LogP contribution >= 0.6 is 0 Å². The molecular weight excluding hydrogens is 188 g/mol. The average molecular weight is 202 g/mol. The number of rotatable bonds is 3. The molecule has 0 radical (unpaired) electrons. The van der Waals surface area contributed by atoms with Gasteiger partial charge in [0.05, 0.1) is 18.8 Å². The molecule has 15 heavy (non-hydrogen) atoms. The number of pyridine rings is 1. The first-order valence-electron chi connectivity index (χ1n) is 4.64. The minimum atomic E-state index is 0.460. The largest absolute Gasteiger partial charge is 0.351 e. The summed E-state index contributed by atoms with van der Waals surface area (Å²) in [5.41, 5.74) is 0.959. The van der Waals surface area contributed by atoms with Crippen molar-refractivity contribution < 1.29 is 0 Å². The molecule has 0 aliphatic carbocycles. The van der Waals surface area contributed by atoms with Crippen LogP contribution in [0.15, 0.2) is 29.4 Å². The number of guanidine groups is 1. The van der Waals surface area contributed by atoms with Crippen LogP contribution in [0.1, 0.15) is 5.69 Å². The van der Waals surface area contributed by atoms with Gasteiger partial charge in [-0.15, -0.1) is 6.42 Å². The van der Waals surface area contributed by atoms with E-state index >= 15 is 0 Å². The fourth-order valence-corrected chi connectivity index (χ4v) is 1.03. The van der Waals surface area contributed by atoms with E-state index in [1.165, 1.54) is 0 Å². The molecule has 0 spiro atoms.